The van der Waals surface area contributed by atoms with Crippen LogP contribution in [0.15, 0.2) is 30.3 Å². The van der Waals surface area contributed by atoms with Crippen LogP contribution in [0.3, 0.4) is 0 Å². The van der Waals surface area contributed by atoms with Gasteiger partial charge in [-0.2, -0.15) is 0 Å². The molecule has 1 heterocycles. The monoisotopic (exact) mass is 251 g/mol. The zero-order valence-corrected chi connectivity index (χ0v) is 10.1. The molecule has 1 aliphatic rings. The lowest BCUT2D eigenvalue weighted by Crippen LogP contribution is -2.51. The van der Waals surface area contributed by atoms with E-state index in [4.69, 9.17) is 9.47 Å². The molecule has 1 N–H and O–H groups in total. The molecule has 0 radical (unpaired) electrons. The molecule has 1 fully saturated rings. The van der Waals surface area contributed by atoms with E-state index in [1.165, 1.54) is 0 Å². The SMILES string of the molecule is O=C(COc1ccccc1)N1CCOC[C@H]1CO. The number of hydrogen-bond acceptors (Lipinski definition) is 4. The third-order valence-electron chi connectivity index (χ3n) is 2.86. The maximum Gasteiger partial charge on any atom is 0.260 e. The molecular weight excluding hydrogens is 234 g/mol. The summed E-state index contributed by atoms with van der Waals surface area (Å²) in [4.78, 5) is 13.6. The number of morpholine rings is 1. The lowest BCUT2D eigenvalue weighted by molar-refractivity contribution is -0.143. The zero-order valence-electron chi connectivity index (χ0n) is 10.1. The Labute approximate surface area is 106 Å². The van der Waals surface area contributed by atoms with Crippen LogP contribution in [0.2, 0.25) is 0 Å². The predicted molar refractivity (Wildman–Crippen MR) is 65.3 cm³/mol. The summed E-state index contributed by atoms with van der Waals surface area (Å²) in [7, 11) is 0. The Hall–Kier alpha value is -1.59. The van der Waals surface area contributed by atoms with Crippen molar-refractivity contribution in [1.29, 1.82) is 0 Å². The van der Waals surface area contributed by atoms with E-state index in [-0.39, 0.29) is 25.2 Å². The van der Waals surface area contributed by atoms with Gasteiger partial charge < -0.3 is 19.5 Å². The number of carbonyl (C=O) groups excluding carboxylic acids is 1. The second-order valence-corrected chi connectivity index (χ2v) is 4.10. The van der Waals surface area contributed by atoms with Gasteiger partial charge in [0.2, 0.25) is 0 Å². The summed E-state index contributed by atoms with van der Waals surface area (Å²) in [6.45, 7) is 1.29. The second kappa shape index (κ2) is 6.37. The number of benzene rings is 1. The first-order valence-corrected chi connectivity index (χ1v) is 5.97. The molecule has 1 atom stereocenters. The number of aliphatic hydroxyl groups is 1. The summed E-state index contributed by atoms with van der Waals surface area (Å²) in [6.07, 6.45) is 0. The zero-order chi connectivity index (χ0) is 12.8. The molecule has 0 aromatic heterocycles. The molecule has 0 aliphatic carbocycles. The molecule has 1 aliphatic heterocycles. The fraction of sp³-hybridized carbons (Fsp3) is 0.462. The van der Waals surface area contributed by atoms with Crippen molar-refractivity contribution in [2.45, 2.75) is 6.04 Å². The van der Waals surface area contributed by atoms with Gasteiger partial charge in [-0.05, 0) is 12.1 Å². The number of hydrogen-bond donors (Lipinski definition) is 1. The molecule has 2 rings (SSSR count). The van der Waals surface area contributed by atoms with Crippen LogP contribution in [0.5, 0.6) is 5.75 Å². The number of aliphatic hydroxyl groups excluding tert-OH is 1. The Morgan fingerprint density at radius 3 is 2.94 bits per heavy atom. The smallest absolute Gasteiger partial charge is 0.260 e. The van der Waals surface area contributed by atoms with Gasteiger partial charge in [0.25, 0.3) is 5.91 Å². The summed E-state index contributed by atoms with van der Waals surface area (Å²) in [6, 6.07) is 8.94. The maximum atomic E-state index is 12.0. The fourth-order valence-electron chi connectivity index (χ4n) is 1.88. The summed E-state index contributed by atoms with van der Waals surface area (Å²) >= 11 is 0. The Morgan fingerprint density at radius 1 is 1.44 bits per heavy atom. The third kappa shape index (κ3) is 3.21. The molecule has 1 aromatic carbocycles. The van der Waals surface area contributed by atoms with Gasteiger partial charge in [-0.15, -0.1) is 0 Å². The van der Waals surface area contributed by atoms with E-state index >= 15 is 0 Å². The highest BCUT2D eigenvalue weighted by atomic mass is 16.5. The Bertz CT molecular complexity index is 382. The molecule has 1 amide bonds. The molecule has 98 valence electrons. The van der Waals surface area contributed by atoms with Crippen molar-refractivity contribution in [1.82, 2.24) is 4.90 Å². The van der Waals surface area contributed by atoms with Gasteiger partial charge in [0.15, 0.2) is 6.61 Å². The van der Waals surface area contributed by atoms with Gasteiger partial charge >= 0.3 is 0 Å². The van der Waals surface area contributed by atoms with Crippen molar-refractivity contribution in [3.8, 4) is 5.75 Å². The van der Waals surface area contributed by atoms with Gasteiger partial charge in [0, 0.05) is 6.54 Å². The highest BCUT2D eigenvalue weighted by Gasteiger charge is 2.26. The number of amides is 1. The molecule has 0 spiro atoms. The van der Waals surface area contributed by atoms with E-state index in [0.29, 0.717) is 25.5 Å². The molecule has 1 aromatic rings. The Balaban J connectivity index is 1.87. The van der Waals surface area contributed by atoms with Crippen molar-refractivity contribution >= 4 is 5.91 Å². The Kier molecular flexibility index (Phi) is 4.55. The van der Waals surface area contributed by atoms with Gasteiger partial charge in [0.1, 0.15) is 5.75 Å². The van der Waals surface area contributed by atoms with Crippen molar-refractivity contribution in [3.05, 3.63) is 30.3 Å². The fourth-order valence-corrected chi connectivity index (χ4v) is 1.88. The van der Waals surface area contributed by atoms with Crippen LogP contribution in [0.25, 0.3) is 0 Å². The van der Waals surface area contributed by atoms with E-state index in [1.807, 2.05) is 18.2 Å². The average Bonchev–Trinajstić information content (AvgIpc) is 2.45. The molecule has 5 nitrogen and oxygen atoms in total. The summed E-state index contributed by atoms with van der Waals surface area (Å²) in [5.74, 6) is 0.542. The largest absolute Gasteiger partial charge is 0.484 e. The standard InChI is InChI=1S/C13H17NO4/c15-8-11-9-17-7-6-14(11)13(16)10-18-12-4-2-1-3-5-12/h1-5,11,15H,6-10H2/t11-/m1/s1. The quantitative estimate of drug-likeness (QED) is 0.835. The van der Waals surface area contributed by atoms with Crippen LogP contribution in [-0.2, 0) is 9.53 Å². The lowest BCUT2D eigenvalue weighted by Gasteiger charge is -2.34. The van der Waals surface area contributed by atoms with Gasteiger partial charge in [0.05, 0.1) is 25.9 Å². The van der Waals surface area contributed by atoms with Crippen LogP contribution in [-0.4, -0.2) is 54.9 Å². The Morgan fingerprint density at radius 2 is 2.22 bits per heavy atom. The van der Waals surface area contributed by atoms with Crippen molar-refractivity contribution < 1.29 is 19.4 Å². The molecule has 1 saturated heterocycles. The number of rotatable bonds is 4. The highest BCUT2D eigenvalue weighted by molar-refractivity contribution is 5.78. The number of carbonyl (C=O) groups is 1. The summed E-state index contributed by atoms with van der Waals surface area (Å²) < 4.78 is 10.6. The van der Waals surface area contributed by atoms with Crippen LogP contribution >= 0.6 is 0 Å². The molecular formula is C13H17NO4. The van der Waals surface area contributed by atoms with Crippen molar-refractivity contribution in [2.75, 3.05) is 33.0 Å². The van der Waals surface area contributed by atoms with Crippen molar-refractivity contribution in [2.24, 2.45) is 0 Å². The normalized spacial score (nSPS) is 19.6. The lowest BCUT2D eigenvalue weighted by atomic mass is 10.2. The van der Waals surface area contributed by atoms with Crippen LogP contribution in [0.4, 0.5) is 0 Å². The first kappa shape index (κ1) is 12.9. The summed E-state index contributed by atoms with van der Waals surface area (Å²) in [5.41, 5.74) is 0. The minimum Gasteiger partial charge on any atom is -0.484 e. The van der Waals surface area contributed by atoms with Crippen LogP contribution < -0.4 is 4.74 Å². The third-order valence-corrected chi connectivity index (χ3v) is 2.86. The highest BCUT2D eigenvalue weighted by Crippen LogP contribution is 2.10. The van der Waals surface area contributed by atoms with Gasteiger partial charge in [-0.3, -0.25) is 4.79 Å². The van der Waals surface area contributed by atoms with Gasteiger partial charge in [-0.1, -0.05) is 18.2 Å². The first-order chi connectivity index (χ1) is 8.81. The topological polar surface area (TPSA) is 59.0 Å². The molecule has 0 saturated carbocycles. The van der Waals surface area contributed by atoms with E-state index in [2.05, 4.69) is 0 Å². The molecule has 18 heavy (non-hydrogen) atoms. The number of nitrogens with zero attached hydrogens (tertiary/aromatic N) is 1. The van der Waals surface area contributed by atoms with Crippen molar-refractivity contribution in [3.63, 3.8) is 0 Å². The summed E-state index contributed by atoms with van der Waals surface area (Å²) in [5, 5.41) is 9.18. The molecule has 5 heteroatoms. The average molecular weight is 251 g/mol. The van der Waals surface area contributed by atoms with Gasteiger partial charge in [-0.25, -0.2) is 0 Å². The minimum atomic E-state index is -0.259. The maximum absolute atomic E-state index is 12.0. The molecule has 0 unspecified atom stereocenters. The number of para-hydroxylation sites is 1. The van der Waals surface area contributed by atoms with E-state index in [0.717, 1.165) is 0 Å². The predicted octanol–water partition coefficient (Wildman–Crippen LogP) is 0.285. The van der Waals surface area contributed by atoms with E-state index in [1.54, 1.807) is 17.0 Å². The van der Waals surface area contributed by atoms with E-state index < -0.39 is 0 Å². The molecule has 0 bridgehead atoms. The second-order valence-electron chi connectivity index (χ2n) is 4.10. The van der Waals surface area contributed by atoms with Crippen LogP contribution in [0.1, 0.15) is 0 Å². The van der Waals surface area contributed by atoms with Crippen LogP contribution in [0, 0.1) is 0 Å². The first-order valence-electron chi connectivity index (χ1n) is 5.97. The number of ether oxygens (including phenoxy) is 2. The minimum absolute atomic E-state index is 0.0134. The van der Waals surface area contributed by atoms with E-state index in [9.17, 15) is 9.90 Å².